The van der Waals surface area contributed by atoms with E-state index >= 15 is 0 Å². The van der Waals surface area contributed by atoms with Crippen LogP contribution in [0, 0.1) is 0 Å². The van der Waals surface area contributed by atoms with Gasteiger partial charge >= 0.3 is 0 Å². The number of rotatable bonds is 3. The van der Waals surface area contributed by atoms with Crippen molar-refractivity contribution >= 4 is 28.5 Å². The van der Waals surface area contributed by atoms with Gasteiger partial charge in [0.25, 0.3) is 0 Å². The molecule has 0 N–H and O–H groups in total. The lowest BCUT2D eigenvalue weighted by atomic mass is 11.2. The van der Waals surface area contributed by atoms with E-state index in [0.717, 1.165) is 5.50 Å². The average molecular weight is 192 g/mol. The summed E-state index contributed by atoms with van der Waals surface area (Å²) in [5, 5.41) is 0. The smallest absolute Gasteiger partial charge is 0.0863 e. The highest BCUT2D eigenvalue weighted by Crippen LogP contribution is 2.06. The van der Waals surface area contributed by atoms with Crippen LogP contribution in [0.4, 0.5) is 0 Å². The van der Waals surface area contributed by atoms with Gasteiger partial charge in [0, 0.05) is 5.50 Å². The third-order valence-corrected chi connectivity index (χ3v) is 6.20. The topological polar surface area (TPSA) is 0 Å². The summed E-state index contributed by atoms with van der Waals surface area (Å²) in [6, 6.07) is 0. The van der Waals surface area contributed by atoms with Crippen LogP contribution in [0.1, 0.15) is 0 Å². The van der Waals surface area contributed by atoms with Gasteiger partial charge in [-0.05, 0) is 0 Å². The number of hydrogen-bond acceptors (Lipinski definition) is 0. The quantitative estimate of drug-likeness (QED) is 0.476. The maximum atomic E-state index is 5.80. The standard InChI is InChI=1S/C7H16ClSi2/c1-9(2)5-6-10(3,4)7-8/h5-6H,7H2,1-4H3/b6-5+. The van der Waals surface area contributed by atoms with E-state index in [0.29, 0.717) is 0 Å². The lowest BCUT2D eigenvalue weighted by Crippen LogP contribution is -2.26. The minimum absolute atomic E-state index is 0.182. The van der Waals surface area contributed by atoms with Crippen molar-refractivity contribution in [2.45, 2.75) is 26.2 Å². The van der Waals surface area contributed by atoms with Gasteiger partial charge in [-0.15, -0.1) is 23.0 Å². The summed E-state index contributed by atoms with van der Waals surface area (Å²) in [5.41, 5.74) is 5.58. The zero-order chi connectivity index (χ0) is 8.20. The summed E-state index contributed by atoms with van der Waals surface area (Å²) in [4.78, 5) is 0. The van der Waals surface area contributed by atoms with Gasteiger partial charge in [-0.3, -0.25) is 0 Å². The summed E-state index contributed by atoms with van der Waals surface area (Å²) in [5.74, 6) is 0. The predicted octanol–water partition coefficient (Wildman–Crippen LogP) is 2.86. The van der Waals surface area contributed by atoms with Crippen LogP contribution in [0.5, 0.6) is 0 Å². The molecule has 0 aliphatic heterocycles. The Bertz CT molecular complexity index is 119. The molecule has 0 aromatic rings. The number of halogens is 1. The van der Waals surface area contributed by atoms with E-state index in [9.17, 15) is 0 Å². The van der Waals surface area contributed by atoms with E-state index in [1.807, 2.05) is 0 Å². The highest BCUT2D eigenvalue weighted by atomic mass is 35.5. The average Bonchev–Trinajstić information content (AvgIpc) is 1.85. The second kappa shape index (κ2) is 4.36. The zero-order valence-corrected chi connectivity index (χ0v) is 10.00. The highest BCUT2D eigenvalue weighted by molar-refractivity contribution is 6.88. The molecule has 0 aliphatic rings. The molecule has 0 fully saturated rings. The Morgan fingerprint density at radius 1 is 1.40 bits per heavy atom. The lowest BCUT2D eigenvalue weighted by Gasteiger charge is -2.12. The first-order valence-corrected chi connectivity index (χ1v) is 9.93. The summed E-state index contributed by atoms with van der Waals surface area (Å²) in [6.07, 6.45) is 0. The van der Waals surface area contributed by atoms with Crippen molar-refractivity contribution in [2.24, 2.45) is 0 Å². The molecule has 1 radical (unpaired) electrons. The molecule has 0 saturated carbocycles. The molecule has 0 nitrogen and oxygen atoms in total. The fourth-order valence-electron chi connectivity index (χ4n) is 0.437. The van der Waals surface area contributed by atoms with Crippen molar-refractivity contribution in [3.63, 3.8) is 0 Å². The number of hydrogen-bond donors (Lipinski definition) is 0. The van der Waals surface area contributed by atoms with Gasteiger partial charge in [-0.2, -0.15) is 0 Å². The summed E-state index contributed by atoms with van der Waals surface area (Å²) >= 11 is 5.80. The Balaban J connectivity index is 3.86. The van der Waals surface area contributed by atoms with Crippen LogP contribution in [-0.2, 0) is 0 Å². The van der Waals surface area contributed by atoms with E-state index < -0.39 is 8.07 Å². The molecule has 0 amide bonds. The molecule has 0 aromatic carbocycles. The van der Waals surface area contributed by atoms with Crippen LogP contribution in [0.15, 0.2) is 11.4 Å². The molecule has 0 bridgehead atoms. The maximum absolute atomic E-state index is 5.80. The van der Waals surface area contributed by atoms with Crippen molar-refractivity contribution in [1.29, 1.82) is 0 Å². The molecule has 0 heterocycles. The Morgan fingerprint density at radius 2 is 1.90 bits per heavy atom. The minimum Gasteiger partial charge on any atom is -0.130 e. The molecule has 3 heteroatoms. The fourth-order valence-corrected chi connectivity index (χ4v) is 3.93. The monoisotopic (exact) mass is 191 g/mol. The molecular formula is C7H16ClSi2. The maximum Gasteiger partial charge on any atom is 0.0863 e. The normalized spacial score (nSPS) is 13.4. The van der Waals surface area contributed by atoms with Gasteiger partial charge in [-0.1, -0.05) is 26.2 Å². The molecule has 0 saturated heterocycles. The molecule has 0 spiro atoms. The largest absolute Gasteiger partial charge is 0.130 e. The first-order valence-electron chi connectivity index (χ1n) is 3.53. The Labute approximate surface area is 71.9 Å². The second-order valence-corrected chi connectivity index (χ2v) is 11.4. The Kier molecular flexibility index (Phi) is 4.57. The lowest BCUT2D eigenvalue weighted by molar-refractivity contribution is 1.72. The Hall–Kier alpha value is 0.464. The third kappa shape index (κ3) is 5.26. The van der Waals surface area contributed by atoms with E-state index in [1.165, 1.54) is 0 Å². The van der Waals surface area contributed by atoms with Crippen LogP contribution in [-0.4, -0.2) is 22.4 Å². The minimum atomic E-state index is -1.13. The summed E-state index contributed by atoms with van der Waals surface area (Å²) in [7, 11) is -1.31. The SMILES string of the molecule is C[Si](C)/C=C/[Si](C)(C)CCl. The molecule has 0 aromatic heterocycles. The van der Waals surface area contributed by atoms with Crippen molar-refractivity contribution in [3.8, 4) is 0 Å². The first-order chi connectivity index (χ1) is 4.48. The van der Waals surface area contributed by atoms with Crippen LogP contribution < -0.4 is 0 Å². The van der Waals surface area contributed by atoms with Crippen LogP contribution in [0.2, 0.25) is 26.2 Å². The number of alkyl halides is 1. The summed E-state index contributed by atoms with van der Waals surface area (Å²) in [6.45, 7) is 9.17. The highest BCUT2D eigenvalue weighted by Gasteiger charge is 2.14. The van der Waals surface area contributed by atoms with Crippen molar-refractivity contribution in [1.82, 2.24) is 0 Å². The van der Waals surface area contributed by atoms with Gasteiger partial charge in [0.2, 0.25) is 0 Å². The molecule has 0 rings (SSSR count). The Morgan fingerprint density at radius 3 is 2.20 bits per heavy atom. The molecular weight excluding hydrogens is 176 g/mol. The van der Waals surface area contributed by atoms with Gasteiger partial charge < -0.3 is 0 Å². The molecule has 10 heavy (non-hydrogen) atoms. The van der Waals surface area contributed by atoms with Crippen molar-refractivity contribution in [2.75, 3.05) is 5.50 Å². The van der Waals surface area contributed by atoms with Crippen molar-refractivity contribution in [3.05, 3.63) is 11.4 Å². The molecule has 59 valence electrons. The van der Waals surface area contributed by atoms with E-state index in [1.54, 1.807) is 0 Å². The van der Waals surface area contributed by atoms with E-state index in [2.05, 4.69) is 37.6 Å². The predicted molar refractivity (Wildman–Crippen MR) is 54.8 cm³/mol. The van der Waals surface area contributed by atoms with Gasteiger partial charge in [-0.25, -0.2) is 0 Å². The van der Waals surface area contributed by atoms with Crippen LogP contribution >= 0.6 is 11.6 Å². The molecule has 0 aliphatic carbocycles. The van der Waals surface area contributed by atoms with Gasteiger partial charge in [0.1, 0.15) is 0 Å². The second-order valence-electron chi connectivity index (χ2n) is 3.53. The summed E-state index contributed by atoms with van der Waals surface area (Å²) < 4.78 is 0. The third-order valence-electron chi connectivity index (χ3n) is 1.21. The van der Waals surface area contributed by atoms with Gasteiger partial charge in [0.05, 0.1) is 16.9 Å². The first kappa shape index (κ1) is 10.5. The van der Waals surface area contributed by atoms with Gasteiger partial charge in [0.15, 0.2) is 0 Å². The molecule has 0 unspecified atom stereocenters. The fraction of sp³-hybridized carbons (Fsp3) is 0.714. The molecule has 0 atom stereocenters. The zero-order valence-electron chi connectivity index (χ0n) is 7.24. The van der Waals surface area contributed by atoms with Crippen molar-refractivity contribution < 1.29 is 0 Å². The van der Waals surface area contributed by atoms with Crippen LogP contribution in [0.25, 0.3) is 0 Å². The van der Waals surface area contributed by atoms with E-state index in [-0.39, 0.29) is 8.80 Å². The van der Waals surface area contributed by atoms with Crippen LogP contribution in [0.3, 0.4) is 0 Å². The van der Waals surface area contributed by atoms with E-state index in [4.69, 9.17) is 11.6 Å².